The molecule has 1 aromatic heterocycles. The van der Waals surface area contributed by atoms with Gasteiger partial charge in [-0.15, -0.1) is 11.3 Å². The van der Waals surface area contributed by atoms with Crippen LogP contribution in [0.3, 0.4) is 0 Å². The predicted molar refractivity (Wildman–Crippen MR) is 110 cm³/mol. The van der Waals surface area contributed by atoms with E-state index >= 15 is 0 Å². The van der Waals surface area contributed by atoms with Crippen LogP contribution in [-0.4, -0.2) is 85.0 Å². The number of aliphatic imine (C=N–C) groups is 1. The second-order valence-electron chi connectivity index (χ2n) is 6.24. The molecule has 0 aromatic carbocycles. The molecule has 152 valence electrons. The molecule has 8 nitrogen and oxygen atoms in total. The van der Waals surface area contributed by atoms with Crippen molar-refractivity contribution in [2.75, 3.05) is 50.9 Å². The first-order valence-electron chi connectivity index (χ1n) is 9.17. The lowest BCUT2D eigenvalue weighted by atomic mass is 10.1. The van der Waals surface area contributed by atoms with Crippen LogP contribution in [0.2, 0.25) is 0 Å². The molecule has 2 aliphatic rings. The summed E-state index contributed by atoms with van der Waals surface area (Å²) in [6.45, 7) is 5.13. The van der Waals surface area contributed by atoms with Crippen LogP contribution in [0.5, 0.6) is 0 Å². The van der Waals surface area contributed by atoms with Crippen LogP contribution in [0.15, 0.2) is 27.8 Å². The summed E-state index contributed by atoms with van der Waals surface area (Å²) in [6.07, 6.45) is 2.71. The number of rotatable bonds is 9. The number of carbonyl (C=O) groups excluding carboxylic acids is 2. The molecule has 0 amide bonds. The molecule has 0 aliphatic carbocycles. The Morgan fingerprint density at radius 3 is 3.21 bits per heavy atom. The van der Waals surface area contributed by atoms with E-state index in [1.807, 2.05) is 5.38 Å². The predicted octanol–water partition coefficient (Wildman–Crippen LogP) is 0.943. The van der Waals surface area contributed by atoms with Gasteiger partial charge in [-0.25, -0.2) is 9.78 Å². The summed E-state index contributed by atoms with van der Waals surface area (Å²) in [5, 5.41) is 6.00. The molecule has 1 aromatic rings. The van der Waals surface area contributed by atoms with Crippen molar-refractivity contribution in [1.29, 1.82) is 0 Å². The standard InChI is InChI=1S/C18H24N4O4S2/c1-2-25-18(24)14-9-20-16(17-19-3-7-28-17)21-15(14)11-22-4-6-26-13(10-22)12-27-8-5-23/h3,5,7,13H,2,4,6,8-12H2,1H3,(H,20,21). The van der Waals surface area contributed by atoms with E-state index < -0.39 is 0 Å². The number of hydrogen-bond donors (Lipinski definition) is 1. The van der Waals surface area contributed by atoms with Crippen molar-refractivity contribution < 1.29 is 19.1 Å². The van der Waals surface area contributed by atoms with Gasteiger partial charge >= 0.3 is 5.97 Å². The minimum absolute atomic E-state index is 0.0704. The molecular formula is C18H24N4O4S2. The number of thiazole rings is 1. The maximum Gasteiger partial charge on any atom is 0.337 e. The summed E-state index contributed by atoms with van der Waals surface area (Å²) < 4.78 is 11.0. The molecule has 1 N–H and O–H groups in total. The molecule has 1 unspecified atom stereocenters. The van der Waals surface area contributed by atoms with Crippen LogP contribution in [0.4, 0.5) is 0 Å². The second-order valence-corrected chi connectivity index (χ2v) is 8.21. The highest BCUT2D eigenvalue weighted by Crippen LogP contribution is 2.18. The maximum atomic E-state index is 12.4. The average Bonchev–Trinajstić information content (AvgIpc) is 3.23. The Morgan fingerprint density at radius 2 is 2.46 bits per heavy atom. The Morgan fingerprint density at radius 1 is 1.57 bits per heavy atom. The summed E-state index contributed by atoms with van der Waals surface area (Å²) in [6, 6.07) is 0. The zero-order chi connectivity index (χ0) is 19.8. The first-order valence-corrected chi connectivity index (χ1v) is 11.2. The van der Waals surface area contributed by atoms with Gasteiger partial charge in [0, 0.05) is 48.4 Å². The summed E-state index contributed by atoms with van der Waals surface area (Å²) >= 11 is 3.07. The van der Waals surface area contributed by atoms with Gasteiger partial charge in [-0.3, -0.25) is 9.89 Å². The Hall–Kier alpha value is -1.75. The Kier molecular flexibility index (Phi) is 8.01. The van der Waals surface area contributed by atoms with Crippen molar-refractivity contribution in [2.24, 2.45) is 4.99 Å². The SMILES string of the molecule is CCOC(=O)C1=C(CN2CCOC(CSCC=O)C2)NC(c2nccs2)=NC1. The topological polar surface area (TPSA) is 93.1 Å². The molecule has 1 saturated heterocycles. The largest absolute Gasteiger partial charge is 0.463 e. The van der Waals surface area contributed by atoms with Crippen molar-refractivity contribution in [3.8, 4) is 0 Å². The number of hydrogen-bond acceptors (Lipinski definition) is 10. The molecule has 0 bridgehead atoms. The minimum atomic E-state index is -0.335. The number of amidine groups is 1. The minimum Gasteiger partial charge on any atom is -0.463 e. The number of nitrogens with zero attached hydrogens (tertiary/aromatic N) is 3. The van der Waals surface area contributed by atoms with E-state index in [1.165, 1.54) is 11.3 Å². The third kappa shape index (κ3) is 5.63. The molecule has 3 heterocycles. The number of carbonyl (C=O) groups is 2. The van der Waals surface area contributed by atoms with Gasteiger partial charge in [0.1, 0.15) is 6.29 Å². The molecule has 1 fully saturated rings. The molecule has 0 spiro atoms. The highest BCUT2D eigenvalue weighted by atomic mass is 32.2. The molecule has 3 rings (SSSR count). The number of morpholine rings is 1. The smallest absolute Gasteiger partial charge is 0.337 e. The zero-order valence-corrected chi connectivity index (χ0v) is 17.4. The fourth-order valence-electron chi connectivity index (χ4n) is 3.01. The van der Waals surface area contributed by atoms with Gasteiger partial charge in [-0.1, -0.05) is 0 Å². The number of nitrogens with one attached hydrogen (secondary N) is 1. The molecule has 28 heavy (non-hydrogen) atoms. The van der Waals surface area contributed by atoms with E-state index in [-0.39, 0.29) is 18.6 Å². The third-order valence-electron chi connectivity index (χ3n) is 4.28. The van der Waals surface area contributed by atoms with E-state index in [0.29, 0.717) is 36.9 Å². The molecular weight excluding hydrogens is 400 g/mol. The van der Waals surface area contributed by atoms with Crippen molar-refractivity contribution in [3.05, 3.63) is 27.9 Å². The van der Waals surface area contributed by atoms with Crippen molar-refractivity contribution in [3.63, 3.8) is 0 Å². The van der Waals surface area contributed by atoms with Gasteiger partial charge in [0.2, 0.25) is 0 Å². The van der Waals surface area contributed by atoms with Crippen LogP contribution in [0.1, 0.15) is 11.9 Å². The van der Waals surface area contributed by atoms with Crippen molar-refractivity contribution in [1.82, 2.24) is 15.2 Å². The van der Waals surface area contributed by atoms with Crippen LogP contribution >= 0.6 is 23.1 Å². The highest BCUT2D eigenvalue weighted by molar-refractivity contribution is 7.99. The van der Waals surface area contributed by atoms with Gasteiger partial charge in [0.05, 0.1) is 31.4 Å². The van der Waals surface area contributed by atoms with E-state index in [4.69, 9.17) is 9.47 Å². The van der Waals surface area contributed by atoms with Crippen molar-refractivity contribution in [2.45, 2.75) is 13.0 Å². The first-order chi connectivity index (χ1) is 13.7. The van der Waals surface area contributed by atoms with Crippen LogP contribution in [-0.2, 0) is 19.1 Å². The van der Waals surface area contributed by atoms with Gasteiger partial charge in [0.15, 0.2) is 10.8 Å². The normalized spacial score (nSPS) is 20.5. The molecule has 1 atom stereocenters. The zero-order valence-electron chi connectivity index (χ0n) is 15.8. The van der Waals surface area contributed by atoms with Gasteiger partial charge in [0.25, 0.3) is 0 Å². The van der Waals surface area contributed by atoms with Crippen molar-refractivity contribution >= 4 is 41.2 Å². The lowest BCUT2D eigenvalue weighted by Gasteiger charge is -2.34. The number of esters is 1. The lowest BCUT2D eigenvalue weighted by Crippen LogP contribution is -2.47. The van der Waals surface area contributed by atoms with E-state index in [1.54, 1.807) is 24.9 Å². The molecule has 2 aliphatic heterocycles. The highest BCUT2D eigenvalue weighted by Gasteiger charge is 2.27. The van der Waals surface area contributed by atoms with Gasteiger partial charge < -0.3 is 19.6 Å². The number of ether oxygens (including phenoxy) is 2. The fraction of sp³-hybridized carbons (Fsp3) is 0.556. The lowest BCUT2D eigenvalue weighted by molar-refractivity contribution is -0.138. The first kappa shape index (κ1) is 21.0. The number of thioether (sulfide) groups is 1. The summed E-state index contributed by atoms with van der Waals surface area (Å²) in [5.74, 6) is 1.61. The quantitative estimate of drug-likeness (QED) is 0.356. The summed E-state index contributed by atoms with van der Waals surface area (Å²) in [7, 11) is 0. The van der Waals surface area contributed by atoms with Crippen LogP contribution in [0.25, 0.3) is 0 Å². The van der Waals surface area contributed by atoms with E-state index in [2.05, 4.69) is 20.2 Å². The number of aldehydes is 1. The molecule has 0 saturated carbocycles. The van der Waals surface area contributed by atoms with E-state index in [9.17, 15) is 9.59 Å². The van der Waals surface area contributed by atoms with Gasteiger partial charge in [-0.2, -0.15) is 11.8 Å². The third-order valence-corrected chi connectivity index (χ3v) is 6.04. The monoisotopic (exact) mass is 424 g/mol. The maximum absolute atomic E-state index is 12.4. The average molecular weight is 425 g/mol. The summed E-state index contributed by atoms with van der Waals surface area (Å²) in [5.41, 5.74) is 1.36. The second kappa shape index (κ2) is 10.7. The summed E-state index contributed by atoms with van der Waals surface area (Å²) in [4.78, 5) is 33.9. The fourth-order valence-corrected chi connectivity index (χ4v) is 4.31. The van der Waals surface area contributed by atoms with E-state index in [0.717, 1.165) is 35.8 Å². The Bertz CT molecular complexity index is 736. The molecule has 10 heteroatoms. The Balaban J connectivity index is 1.69. The van der Waals surface area contributed by atoms with Crippen LogP contribution in [0, 0.1) is 0 Å². The van der Waals surface area contributed by atoms with Crippen LogP contribution < -0.4 is 5.32 Å². The Labute approximate surface area is 172 Å². The number of aromatic nitrogens is 1. The molecule has 0 radical (unpaired) electrons. The van der Waals surface area contributed by atoms with Gasteiger partial charge in [-0.05, 0) is 6.92 Å².